The molecule has 0 aliphatic carbocycles. The summed E-state index contributed by atoms with van der Waals surface area (Å²) in [5.41, 5.74) is 5.54. The molecule has 276 valence electrons. The van der Waals surface area contributed by atoms with E-state index in [2.05, 4.69) is 0 Å². The van der Waals surface area contributed by atoms with Gasteiger partial charge in [-0.15, -0.1) is 0 Å². The minimum absolute atomic E-state index is 0.278. The van der Waals surface area contributed by atoms with Crippen LogP contribution in [-0.4, -0.2) is 38.7 Å². The zero-order valence-electron chi connectivity index (χ0n) is 30.0. The third-order valence-corrected chi connectivity index (χ3v) is 13.4. The number of hydrogen-bond acceptors (Lipinski definition) is 6. The first kappa shape index (κ1) is 37.4. The van der Waals surface area contributed by atoms with E-state index in [1.54, 1.807) is 24.3 Å². The van der Waals surface area contributed by atoms with Gasteiger partial charge in [0.2, 0.25) is 20.0 Å². The highest BCUT2D eigenvalue weighted by molar-refractivity contribution is 7.89. The zero-order valence-corrected chi connectivity index (χ0v) is 31.7. The SMILES string of the molecule is Cc1ccc(S(=O)(=O)N2[C@@H](c3ccccc3)OC[C@H]2c2ccccc2)cc1.Cc1ccc(S(=O)(=O)N2[C@@H](c3ccccc3)OC[C@H]2c2ccccc2)cc1. The van der Waals surface area contributed by atoms with Crippen LogP contribution in [0.4, 0.5) is 0 Å². The van der Waals surface area contributed by atoms with Crippen LogP contribution in [0.25, 0.3) is 0 Å². The molecule has 2 aliphatic heterocycles. The normalized spacial score (nSPS) is 20.6. The second-order valence-electron chi connectivity index (χ2n) is 13.3. The summed E-state index contributed by atoms with van der Waals surface area (Å²) in [4.78, 5) is 0.556. The fourth-order valence-corrected chi connectivity index (χ4v) is 10.1. The van der Waals surface area contributed by atoms with Crippen molar-refractivity contribution in [3.05, 3.63) is 203 Å². The van der Waals surface area contributed by atoms with E-state index >= 15 is 0 Å². The summed E-state index contributed by atoms with van der Waals surface area (Å²) < 4.78 is 69.2. The van der Waals surface area contributed by atoms with E-state index in [1.165, 1.54) is 8.61 Å². The zero-order chi connectivity index (χ0) is 37.7. The third-order valence-electron chi connectivity index (χ3n) is 9.63. The molecule has 0 bridgehead atoms. The topological polar surface area (TPSA) is 93.2 Å². The molecule has 8 nitrogen and oxygen atoms in total. The van der Waals surface area contributed by atoms with E-state index in [-0.39, 0.29) is 21.9 Å². The highest BCUT2D eigenvalue weighted by Crippen LogP contribution is 2.44. The molecule has 6 aromatic rings. The smallest absolute Gasteiger partial charge is 0.246 e. The Kier molecular flexibility index (Phi) is 11.2. The molecule has 0 aromatic heterocycles. The van der Waals surface area contributed by atoms with Gasteiger partial charge in [-0.05, 0) is 60.4 Å². The summed E-state index contributed by atoms with van der Waals surface area (Å²) in [6, 6.07) is 51.5. The third kappa shape index (κ3) is 7.81. The summed E-state index contributed by atoms with van der Waals surface area (Å²) in [6.45, 7) is 4.51. The monoisotopic (exact) mass is 758 g/mol. The van der Waals surface area contributed by atoms with Crippen LogP contribution in [0.15, 0.2) is 180 Å². The van der Waals surface area contributed by atoms with Gasteiger partial charge < -0.3 is 9.47 Å². The van der Waals surface area contributed by atoms with Crippen molar-refractivity contribution in [3.63, 3.8) is 0 Å². The first-order valence-corrected chi connectivity index (χ1v) is 20.7. The molecule has 0 saturated carbocycles. The number of aryl methyl sites for hydroxylation is 2. The summed E-state index contributed by atoms with van der Waals surface area (Å²) in [7, 11) is -7.48. The molecule has 8 rings (SSSR count). The molecule has 4 atom stereocenters. The van der Waals surface area contributed by atoms with Crippen molar-refractivity contribution in [2.75, 3.05) is 13.2 Å². The Hall–Kier alpha value is -4.94. The van der Waals surface area contributed by atoms with Gasteiger partial charge in [-0.25, -0.2) is 16.8 Å². The standard InChI is InChI=1S/2C22H21NO3S/c2*1-17-12-14-20(15-13-17)27(24,25)23-21(18-8-4-2-5-9-18)16-26-22(23)19-10-6-3-7-11-19/h2*2-15,21-22H,16H2,1H3/t2*21-,22+/m00/s1. The maximum atomic E-state index is 13.6. The number of sulfonamides is 2. The first-order chi connectivity index (χ1) is 26.1. The van der Waals surface area contributed by atoms with Crippen LogP contribution in [-0.2, 0) is 29.5 Å². The number of nitrogens with zero attached hydrogens (tertiary/aromatic N) is 2. The van der Waals surface area contributed by atoms with E-state index in [0.717, 1.165) is 33.4 Å². The van der Waals surface area contributed by atoms with Gasteiger partial charge in [0, 0.05) is 0 Å². The number of benzene rings is 6. The van der Waals surface area contributed by atoms with Crippen LogP contribution in [0.1, 0.15) is 57.9 Å². The molecular formula is C44H42N2O6S2. The van der Waals surface area contributed by atoms with Gasteiger partial charge in [0.05, 0.1) is 35.1 Å². The number of rotatable bonds is 8. The fraction of sp³-hybridized carbons (Fsp3) is 0.182. The lowest BCUT2D eigenvalue weighted by Crippen LogP contribution is -2.33. The van der Waals surface area contributed by atoms with Crippen LogP contribution < -0.4 is 0 Å². The Morgan fingerprint density at radius 3 is 0.981 bits per heavy atom. The largest absolute Gasteiger partial charge is 0.356 e. The van der Waals surface area contributed by atoms with Gasteiger partial charge in [0.1, 0.15) is 0 Å². The Morgan fingerprint density at radius 2 is 0.685 bits per heavy atom. The molecule has 2 aliphatic rings. The Morgan fingerprint density at radius 1 is 0.407 bits per heavy atom. The van der Waals surface area contributed by atoms with E-state index in [4.69, 9.17) is 9.47 Å². The van der Waals surface area contributed by atoms with E-state index in [9.17, 15) is 16.8 Å². The van der Waals surface area contributed by atoms with Crippen LogP contribution >= 0.6 is 0 Å². The molecule has 0 radical (unpaired) electrons. The molecule has 2 heterocycles. The van der Waals surface area contributed by atoms with Crippen molar-refractivity contribution in [1.29, 1.82) is 0 Å². The predicted molar refractivity (Wildman–Crippen MR) is 209 cm³/mol. The van der Waals surface area contributed by atoms with Crippen molar-refractivity contribution in [2.24, 2.45) is 0 Å². The molecule has 0 amide bonds. The first-order valence-electron chi connectivity index (χ1n) is 17.8. The van der Waals surface area contributed by atoms with Gasteiger partial charge in [0.25, 0.3) is 0 Å². The van der Waals surface area contributed by atoms with Gasteiger partial charge in [0.15, 0.2) is 12.5 Å². The summed E-state index contributed by atoms with van der Waals surface area (Å²) >= 11 is 0. The van der Waals surface area contributed by atoms with Crippen molar-refractivity contribution < 1.29 is 26.3 Å². The molecule has 2 fully saturated rings. The van der Waals surface area contributed by atoms with Gasteiger partial charge in [-0.1, -0.05) is 157 Å². The molecule has 0 spiro atoms. The Bertz CT molecular complexity index is 2080. The highest BCUT2D eigenvalue weighted by Gasteiger charge is 2.46. The van der Waals surface area contributed by atoms with Crippen LogP contribution in [0, 0.1) is 13.8 Å². The van der Waals surface area contributed by atoms with Crippen LogP contribution in [0.2, 0.25) is 0 Å². The Labute approximate surface area is 318 Å². The number of hydrogen-bond donors (Lipinski definition) is 0. The van der Waals surface area contributed by atoms with E-state index in [1.807, 2.05) is 159 Å². The molecule has 54 heavy (non-hydrogen) atoms. The fourth-order valence-electron chi connectivity index (χ4n) is 6.79. The van der Waals surface area contributed by atoms with E-state index in [0.29, 0.717) is 13.2 Å². The van der Waals surface area contributed by atoms with Crippen molar-refractivity contribution >= 4 is 20.0 Å². The molecule has 10 heteroatoms. The maximum Gasteiger partial charge on any atom is 0.246 e. The summed E-state index contributed by atoms with van der Waals surface area (Å²) in [6.07, 6.45) is -1.30. The molecule has 2 saturated heterocycles. The van der Waals surface area contributed by atoms with Crippen molar-refractivity contribution in [3.8, 4) is 0 Å². The summed E-state index contributed by atoms with van der Waals surface area (Å²) in [5, 5.41) is 0. The lowest BCUT2D eigenvalue weighted by atomic mass is 10.1. The second-order valence-corrected chi connectivity index (χ2v) is 17.0. The molecule has 0 unspecified atom stereocenters. The molecular weight excluding hydrogens is 717 g/mol. The van der Waals surface area contributed by atoms with Gasteiger partial charge in [-0.2, -0.15) is 8.61 Å². The average Bonchev–Trinajstić information content (AvgIpc) is 3.87. The average molecular weight is 759 g/mol. The molecule has 6 aromatic carbocycles. The number of ether oxygens (including phenoxy) is 2. The predicted octanol–water partition coefficient (Wildman–Crippen LogP) is 8.91. The van der Waals surface area contributed by atoms with Gasteiger partial charge >= 0.3 is 0 Å². The van der Waals surface area contributed by atoms with Crippen LogP contribution in [0.5, 0.6) is 0 Å². The van der Waals surface area contributed by atoms with Gasteiger partial charge in [-0.3, -0.25) is 0 Å². The van der Waals surface area contributed by atoms with Crippen molar-refractivity contribution in [2.45, 2.75) is 48.2 Å². The minimum Gasteiger partial charge on any atom is -0.356 e. The lowest BCUT2D eigenvalue weighted by Gasteiger charge is -2.28. The lowest BCUT2D eigenvalue weighted by molar-refractivity contribution is 0.0679. The molecule has 0 N–H and O–H groups in total. The van der Waals surface area contributed by atoms with E-state index < -0.39 is 32.5 Å². The van der Waals surface area contributed by atoms with Crippen LogP contribution in [0.3, 0.4) is 0 Å². The summed E-state index contributed by atoms with van der Waals surface area (Å²) in [5.74, 6) is 0. The van der Waals surface area contributed by atoms with Crippen molar-refractivity contribution in [1.82, 2.24) is 8.61 Å². The Balaban J connectivity index is 0.000000167. The highest BCUT2D eigenvalue weighted by atomic mass is 32.2. The second kappa shape index (κ2) is 16.2. The quantitative estimate of drug-likeness (QED) is 0.154. The maximum absolute atomic E-state index is 13.6. The minimum atomic E-state index is -3.74.